The van der Waals surface area contributed by atoms with Crippen molar-refractivity contribution in [2.24, 2.45) is 0 Å². The summed E-state index contributed by atoms with van der Waals surface area (Å²) in [5, 5.41) is 11.5. The van der Waals surface area contributed by atoms with Crippen LogP contribution in [0, 0.1) is 10.1 Å². The van der Waals surface area contributed by atoms with Crippen molar-refractivity contribution in [3.8, 4) is 5.75 Å². The highest BCUT2D eigenvalue weighted by atomic mass is 79.9. The first-order valence-corrected chi connectivity index (χ1v) is 7.09. The second-order valence-corrected chi connectivity index (χ2v) is 4.88. The number of nitro benzene ring substituents is 1. The molecule has 1 rings (SSSR count). The molecule has 0 unspecified atom stereocenters. The van der Waals surface area contributed by atoms with Gasteiger partial charge < -0.3 is 4.74 Å². The van der Waals surface area contributed by atoms with E-state index >= 15 is 0 Å². The van der Waals surface area contributed by atoms with Crippen molar-refractivity contribution >= 4 is 27.4 Å². The summed E-state index contributed by atoms with van der Waals surface area (Å²) in [6.45, 7) is 0. The summed E-state index contributed by atoms with van der Waals surface area (Å²) in [5.41, 5.74) is 0.715. The van der Waals surface area contributed by atoms with Gasteiger partial charge in [0, 0.05) is 35.9 Å². The van der Waals surface area contributed by atoms with Crippen LogP contribution in [0.2, 0.25) is 0 Å². The van der Waals surface area contributed by atoms with E-state index in [0.29, 0.717) is 30.6 Å². The third kappa shape index (κ3) is 4.98. The first-order valence-electron chi connectivity index (χ1n) is 5.97. The van der Waals surface area contributed by atoms with E-state index in [-0.39, 0.29) is 11.5 Å². The molecule has 0 radical (unpaired) electrons. The Hall–Kier alpha value is -1.43. The lowest BCUT2D eigenvalue weighted by molar-refractivity contribution is -0.384. The standard InChI is InChI=1S/C13H16BrNO4/c1-19-13-7-5-11(15(17)18)9-10(13)4-6-12(16)3-2-8-14/h5,7,9H,2-4,6,8H2,1H3. The van der Waals surface area contributed by atoms with Gasteiger partial charge in [0.25, 0.3) is 5.69 Å². The summed E-state index contributed by atoms with van der Waals surface area (Å²) < 4.78 is 5.15. The summed E-state index contributed by atoms with van der Waals surface area (Å²) in [7, 11) is 1.51. The van der Waals surface area contributed by atoms with Crippen LogP contribution in [0.4, 0.5) is 5.69 Å². The number of Topliss-reactive ketones (excluding diaryl/α,β-unsaturated/α-hetero) is 1. The van der Waals surface area contributed by atoms with E-state index in [1.807, 2.05) is 0 Å². The quantitative estimate of drug-likeness (QED) is 0.417. The van der Waals surface area contributed by atoms with E-state index in [1.165, 1.54) is 19.2 Å². The molecule has 0 aliphatic rings. The summed E-state index contributed by atoms with van der Waals surface area (Å²) in [6.07, 6.45) is 2.18. The van der Waals surface area contributed by atoms with Gasteiger partial charge in [-0.05, 0) is 18.9 Å². The highest BCUT2D eigenvalue weighted by Crippen LogP contribution is 2.25. The number of carbonyl (C=O) groups is 1. The first-order chi connectivity index (χ1) is 9.08. The van der Waals surface area contributed by atoms with Gasteiger partial charge in [-0.25, -0.2) is 0 Å². The van der Waals surface area contributed by atoms with Crippen LogP contribution in [0.5, 0.6) is 5.75 Å². The zero-order valence-electron chi connectivity index (χ0n) is 10.7. The van der Waals surface area contributed by atoms with E-state index < -0.39 is 4.92 Å². The summed E-state index contributed by atoms with van der Waals surface area (Å²) >= 11 is 3.27. The molecule has 0 amide bonds. The van der Waals surface area contributed by atoms with Crippen LogP contribution >= 0.6 is 15.9 Å². The first kappa shape index (κ1) is 15.6. The van der Waals surface area contributed by atoms with Crippen molar-refractivity contribution in [3.63, 3.8) is 0 Å². The van der Waals surface area contributed by atoms with Gasteiger partial charge in [-0.15, -0.1) is 0 Å². The number of hydrogen-bond donors (Lipinski definition) is 0. The molecule has 0 saturated carbocycles. The highest BCUT2D eigenvalue weighted by molar-refractivity contribution is 9.09. The molecule has 1 aromatic rings. The number of carbonyl (C=O) groups excluding carboxylic acids is 1. The minimum atomic E-state index is -0.449. The Morgan fingerprint density at radius 2 is 2.16 bits per heavy atom. The molecule has 0 aromatic heterocycles. The third-order valence-electron chi connectivity index (χ3n) is 2.74. The number of alkyl halides is 1. The Kier molecular flexibility index (Phi) is 6.49. The number of nitro groups is 1. The molecular formula is C13H16BrNO4. The van der Waals surface area contributed by atoms with Gasteiger partial charge in [0.15, 0.2) is 0 Å². The Balaban J connectivity index is 2.72. The van der Waals surface area contributed by atoms with E-state index in [0.717, 1.165) is 11.8 Å². The van der Waals surface area contributed by atoms with Gasteiger partial charge in [-0.2, -0.15) is 0 Å². The van der Waals surface area contributed by atoms with Gasteiger partial charge in [0.05, 0.1) is 12.0 Å². The summed E-state index contributed by atoms with van der Waals surface area (Å²) in [4.78, 5) is 21.9. The largest absolute Gasteiger partial charge is 0.496 e. The van der Waals surface area contributed by atoms with Crippen LogP contribution in [0.15, 0.2) is 18.2 Å². The molecule has 0 atom stereocenters. The average molecular weight is 330 g/mol. The van der Waals surface area contributed by atoms with E-state index in [1.54, 1.807) is 6.07 Å². The Morgan fingerprint density at radius 1 is 1.42 bits per heavy atom. The molecule has 0 heterocycles. The molecule has 0 spiro atoms. The van der Waals surface area contributed by atoms with Crippen molar-refractivity contribution in [1.82, 2.24) is 0 Å². The number of non-ortho nitro benzene ring substituents is 1. The summed E-state index contributed by atoms with van der Waals surface area (Å²) in [5.74, 6) is 0.743. The van der Waals surface area contributed by atoms with Crippen LogP contribution in [0.1, 0.15) is 24.8 Å². The maximum atomic E-state index is 11.6. The van der Waals surface area contributed by atoms with Gasteiger partial charge in [-0.1, -0.05) is 15.9 Å². The number of methoxy groups -OCH3 is 1. The Labute approximate surface area is 120 Å². The average Bonchev–Trinajstić information content (AvgIpc) is 2.42. The monoisotopic (exact) mass is 329 g/mol. The van der Waals surface area contributed by atoms with Gasteiger partial charge in [0.1, 0.15) is 11.5 Å². The van der Waals surface area contributed by atoms with E-state index in [4.69, 9.17) is 4.74 Å². The lowest BCUT2D eigenvalue weighted by atomic mass is 10.0. The number of rotatable bonds is 8. The highest BCUT2D eigenvalue weighted by Gasteiger charge is 2.12. The second kappa shape index (κ2) is 7.89. The van der Waals surface area contributed by atoms with Gasteiger partial charge >= 0.3 is 0 Å². The van der Waals surface area contributed by atoms with Crippen LogP contribution in [0.25, 0.3) is 0 Å². The molecule has 0 aliphatic heterocycles. The molecule has 0 fully saturated rings. The molecule has 6 heteroatoms. The maximum Gasteiger partial charge on any atom is 0.269 e. The number of ketones is 1. The zero-order valence-corrected chi connectivity index (χ0v) is 12.3. The molecular weight excluding hydrogens is 314 g/mol. The van der Waals surface area contributed by atoms with Crippen molar-refractivity contribution < 1.29 is 14.5 Å². The minimum absolute atomic E-state index is 0.0173. The predicted octanol–water partition coefficient (Wildman–Crippen LogP) is 3.28. The Morgan fingerprint density at radius 3 is 2.74 bits per heavy atom. The molecule has 0 bridgehead atoms. The van der Waals surface area contributed by atoms with E-state index in [9.17, 15) is 14.9 Å². The molecule has 0 aliphatic carbocycles. The van der Waals surface area contributed by atoms with Crippen molar-refractivity contribution in [2.75, 3.05) is 12.4 Å². The van der Waals surface area contributed by atoms with Crippen LogP contribution < -0.4 is 4.74 Å². The SMILES string of the molecule is COc1ccc([N+](=O)[O-])cc1CCC(=O)CCCBr. The minimum Gasteiger partial charge on any atom is -0.496 e. The number of ether oxygens (including phenoxy) is 1. The predicted molar refractivity (Wildman–Crippen MR) is 76.0 cm³/mol. The number of aryl methyl sites for hydroxylation is 1. The topological polar surface area (TPSA) is 69.4 Å². The van der Waals surface area contributed by atoms with Crippen LogP contribution in [-0.4, -0.2) is 23.1 Å². The number of halogens is 1. The number of nitrogens with zero attached hydrogens (tertiary/aromatic N) is 1. The fourth-order valence-electron chi connectivity index (χ4n) is 1.74. The molecule has 5 nitrogen and oxygen atoms in total. The maximum absolute atomic E-state index is 11.6. The van der Waals surface area contributed by atoms with Crippen molar-refractivity contribution in [2.45, 2.75) is 25.7 Å². The fraction of sp³-hybridized carbons (Fsp3) is 0.462. The number of hydrogen-bond acceptors (Lipinski definition) is 4. The van der Waals surface area contributed by atoms with Crippen molar-refractivity contribution in [3.05, 3.63) is 33.9 Å². The smallest absolute Gasteiger partial charge is 0.269 e. The van der Waals surface area contributed by atoms with Gasteiger partial charge in [0.2, 0.25) is 0 Å². The van der Waals surface area contributed by atoms with E-state index in [2.05, 4.69) is 15.9 Å². The Bertz CT molecular complexity index is 462. The van der Waals surface area contributed by atoms with Gasteiger partial charge in [-0.3, -0.25) is 14.9 Å². The van der Waals surface area contributed by atoms with Crippen LogP contribution in [0.3, 0.4) is 0 Å². The van der Waals surface area contributed by atoms with Crippen molar-refractivity contribution in [1.29, 1.82) is 0 Å². The second-order valence-electron chi connectivity index (χ2n) is 4.08. The van der Waals surface area contributed by atoms with Crippen LogP contribution in [-0.2, 0) is 11.2 Å². The molecule has 1 aromatic carbocycles. The molecule has 104 valence electrons. The summed E-state index contributed by atoms with van der Waals surface area (Å²) in [6, 6.07) is 4.43. The third-order valence-corrected chi connectivity index (χ3v) is 3.30. The molecule has 0 N–H and O–H groups in total. The number of benzene rings is 1. The molecule has 19 heavy (non-hydrogen) atoms. The normalized spacial score (nSPS) is 10.2. The fourth-order valence-corrected chi connectivity index (χ4v) is 2.02. The molecule has 0 saturated heterocycles. The zero-order chi connectivity index (χ0) is 14.3. The lowest BCUT2D eigenvalue weighted by Crippen LogP contribution is -2.02. The lowest BCUT2D eigenvalue weighted by Gasteiger charge is -2.07.